The van der Waals surface area contributed by atoms with Crippen molar-refractivity contribution < 1.29 is 37.8 Å². The smallest absolute Gasteiger partial charge is 0.338 e. The van der Waals surface area contributed by atoms with Crippen molar-refractivity contribution in [3.8, 4) is 0 Å². The van der Waals surface area contributed by atoms with E-state index >= 15 is 0 Å². The molecule has 3 aromatic rings. The van der Waals surface area contributed by atoms with E-state index < -0.39 is 50.8 Å². The number of ether oxygens (including phenoxy) is 4. The first-order valence-corrected chi connectivity index (χ1v) is 16.9. The van der Waals surface area contributed by atoms with Gasteiger partial charge in [0.1, 0.15) is 18.8 Å². The molecule has 0 aliphatic carbocycles. The third-order valence-electron chi connectivity index (χ3n) is 7.63. The minimum absolute atomic E-state index is 0.126. The number of benzene rings is 3. The van der Waals surface area contributed by atoms with E-state index in [2.05, 4.69) is 33.9 Å². The maximum Gasteiger partial charge on any atom is 0.338 e. The Balaban J connectivity index is 1.64. The highest BCUT2D eigenvalue weighted by Crippen LogP contribution is 2.39. The minimum atomic E-state index is -2.34. The van der Waals surface area contributed by atoms with E-state index in [4.69, 9.17) is 23.4 Å². The van der Waals surface area contributed by atoms with Gasteiger partial charge in [-0.05, 0) is 54.5 Å². The first-order valence-electron chi connectivity index (χ1n) is 14.0. The molecule has 0 bridgehead atoms. The average Bonchev–Trinajstić information content (AvgIpc) is 2.97. The van der Waals surface area contributed by atoms with Crippen molar-refractivity contribution in [3.63, 3.8) is 0 Å². The van der Waals surface area contributed by atoms with Crippen molar-refractivity contribution in [2.45, 2.75) is 69.9 Å². The normalized spacial score (nSPS) is 20.8. The predicted octanol–water partition coefficient (Wildman–Crippen LogP) is 6.43. The van der Waals surface area contributed by atoms with E-state index in [1.165, 1.54) is 0 Å². The third-order valence-corrected chi connectivity index (χ3v) is 12.1. The van der Waals surface area contributed by atoms with Gasteiger partial charge in [0.25, 0.3) is 0 Å². The van der Waals surface area contributed by atoms with Gasteiger partial charge in [-0.25, -0.2) is 14.4 Å². The fraction of sp³-hybridized carbons (Fsp3) is 0.364. The summed E-state index contributed by atoms with van der Waals surface area (Å²) in [5, 5.41) is -0.127. The van der Waals surface area contributed by atoms with Gasteiger partial charge in [0, 0.05) is 6.42 Å². The molecule has 0 spiro atoms. The fourth-order valence-corrected chi connectivity index (χ4v) is 5.40. The van der Waals surface area contributed by atoms with Crippen LogP contribution in [0.1, 0.15) is 58.3 Å². The van der Waals surface area contributed by atoms with Crippen LogP contribution < -0.4 is 0 Å². The largest absolute Gasteiger partial charge is 0.459 e. The van der Waals surface area contributed by atoms with Crippen molar-refractivity contribution >= 4 is 26.2 Å². The lowest BCUT2D eigenvalue weighted by Gasteiger charge is -2.45. The molecule has 3 aromatic carbocycles. The minimum Gasteiger partial charge on any atom is -0.459 e. The lowest BCUT2D eigenvalue weighted by Crippen LogP contribution is -2.57. The van der Waals surface area contributed by atoms with Crippen LogP contribution in [0.3, 0.4) is 0 Å². The molecule has 1 fully saturated rings. The molecule has 0 unspecified atom stereocenters. The van der Waals surface area contributed by atoms with Crippen LogP contribution >= 0.6 is 0 Å². The Kier molecular flexibility index (Phi) is 9.98. The van der Waals surface area contributed by atoms with E-state index in [1.807, 2.05) is 0 Å². The number of carbonyl (C=O) groups excluding carboxylic acids is 3. The molecule has 9 heteroatoms. The lowest BCUT2D eigenvalue weighted by molar-refractivity contribution is -0.233. The second kappa shape index (κ2) is 13.5. The molecule has 0 aromatic heterocycles. The summed E-state index contributed by atoms with van der Waals surface area (Å²) >= 11 is 0. The second-order valence-electron chi connectivity index (χ2n) is 11.7. The summed E-state index contributed by atoms with van der Waals surface area (Å²) in [6, 6.07) is 25.6. The van der Waals surface area contributed by atoms with Gasteiger partial charge in [-0.2, -0.15) is 0 Å². The van der Waals surface area contributed by atoms with E-state index in [9.17, 15) is 14.4 Å². The lowest BCUT2D eigenvalue weighted by atomic mass is 10.0. The Morgan fingerprint density at radius 3 is 1.67 bits per heavy atom. The molecule has 222 valence electrons. The summed E-state index contributed by atoms with van der Waals surface area (Å²) in [7, 11) is -2.34. The number of rotatable bonds is 9. The van der Waals surface area contributed by atoms with Crippen molar-refractivity contribution in [2.75, 3.05) is 6.61 Å². The quantitative estimate of drug-likeness (QED) is 0.160. The van der Waals surface area contributed by atoms with Gasteiger partial charge >= 0.3 is 17.9 Å². The molecule has 0 amide bonds. The zero-order chi connectivity index (χ0) is 30.3. The number of hydrogen-bond acceptors (Lipinski definition) is 8. The molecule has 4 rings (SSSR count). The van der Waals surface area contributed by atoms with Crippen molar-refractivity contribution in [1.82, 2.24) is 0 Å². The van der Waals surface area contributed by atoms with Gasteiger partial charge in [-0.3, -0.25) is 0 Å². The molecule has 42 heavy (non-hydrogen) atoms. The second-order valence-corrected chi connectivity index (χ2v) is 16.5. The Labute approximate surface area is 248 Å². The van der Waals surface area contributed by atoms with E-state index in [0.717, 1.165) is 0 Å². The Bertz CT molecular complexity index is 1340. The highest BCUT2D eigenvalue weighted by molar-refractivity contribution is 6.74. The van der Waals surface area contributed by atoms with Crippen LogP contribution in [-0.2, 0) is 23.4 Å². The highest BCUT2D eigenvalue weighted by Gasteiger charge is 2.48. The highest BCUT2D eigenvalue weighted by atomic mass is 28.4. The van der Waals surface area contributed by atoms with Crippen LogP contribution in [-0.4, -0.2) is 57.4 Å². The standard InChI is InChI=1S/C33H38O8Si/c1-33(2,3)42(4,5)41-28-21-26(39-31(35)24-17-11-7-12-18-24)29(40-32(36)25-19-13-8-14-20-25)27(38-28)22-37-30(34)23-15-9-6-10-16-23/h6-20,26-29H,21-22H2,1-5H3/t26-,27-,28+,29+/m1/s1. The van der Waals surface area contributed by atoms with Gasteiger partial charge in [0.15, 0.2) is 20.7 Å². The van der Waals surface area contributed by atoms with Gasteiger partial charge in [-0.1, -0.05) is 75.4 Å². The molecular weight excluding hydrogens is 552 g/mol. The molecular formula is C33H38O8Si. The van der Waals surface area contributed by atoms with E-state index in [0.29, 0.717) is 16.7 Å². The Hall–Kier alpha value is -3.79. The molecule has 8 nitrogen and oxygen atoms in total. The van der Waals surface area contributed by atoms with Crippen LogP contribution in [0.15, 0.2) is 91.0 Å². The summed E-state index contributed by atoms with van der Waals surface area (Å²) in [6.45, 7) is 10.3. The number of carbonyl (C=O) groups is 3. The topological polar surface area (TPSA) is 97.4 Å². The van der Waals surface area contributed by atoms with Gasteiger partial charge in [0.05, 0.1) is 16.7 Å². The number of esters is 3. The van der Waals surface area contributed by atoms with Crippen molar-refractivity contribution in [1.29, 1.82) is 0 Å². The zero-order valence-corrected chi connectivity index (χ0v) is 25.6. The average molecular weight is 591 g/mol. The van der Waals surface area contributed by atoms with Gasteiger partial charge in [-0.15, -0.1) is 0 Å². The predicted molar refractivity (Wildman–Crippen MR) is 160 cm³/mol. The summed E-state index contributed by atoms with van der Waals surface area (Å²) in [5.41, 5.74) is 1.05. The molecule has 4 atom stereocenters. The molecule has 0 saturated carbocycles. The molecule has 1 saturated heterocycles. The zero-order valence-electron chi connectivity index (χ0n) is 24.6. The van der Waals surface area contributed by atoms with Crippen LogP contribution in [0.5, 0.6) is 0 Å². The number of hydrogen-bond donors (Lipinski definition) is 0. The molecule has 0 N–H and O–H groups in total. The van der Waals surface area contributed by atoms with Gasteiger partial charge in [0.2, 0.25) is 0 Å². The fourth-order valence-electron chi connectivity index (χ4n) is 4.23. The van der Waals surface area contributed by atoms with Crippen LogP contribution in [0.2, 0.25) is 18.1 Å². The van der Waals surface area contributed by atoms with E-state index in [1.54, 1.807) is 91.0 Å². The molecule has 0 radical (unpaired) electrons. The molecule has 1 heterocycles. The monoisotopic (exact) mass is 590 g/mol. The Morgan fingerprint density at radius 1 is 0.738 bits per heavy atom. The van der Waals surface area contributed by atoms with Crippen LogP contribution in [0.25, 0.3) is 0 Å². The summed E-state index contributed by atoms with van der Waals surface area (Å²) in [6.07, 6.45) is -3.64. The third kappa shape index (κ3) is 7.93. The van der Waals surface area contributed by atoms with Crippen LogP contribution in [0.4, 0.5) is 0 Å². The maximum absolute atomic E-state index is 13.2. The summed E-state index contributed by atoms with van der Waals surface area (Å²) in [5.74, 6) is -1.75. The first-order chi connectivity index (χ1) is 19.9. The molecule has 1 aliphatic heterocycles. The SMILES string of the molecule is CC(C)(C)[Si](C)(C)O[C@H]1C[C@@H](OC(=O)c2ccccc2)[C@H](OC(=O)c2ccccc2)[C@@H](COC(=O)c2ccccc2)O1. The summed E-state index contributed by atoms with van der Waals surface area (Å²) in [4.78, 5) is 39.2. The van der Waals surface area contributed by atoms with Crippen molar-refractivity contribution in [3.05, 3.63) is 108 Å². The van der Waals surface area contributed by atoms with E-state index in [-0.39, 0.29) is 18.1 Å². The molecule has 1 aliphatic rings. The van der Waals surface area contributed by atoms with Gasteiger partial charge < -0.3 is 23.4 Å². The summed E-state index contributed by atoms with van der Waals surface area (Å²) < 4.78 is 30.5. The first kappa shape index (κ1) is 31.1. The maximum atomic E-state index is 13.2. The van der Waals surface area contributed by atoms with Crippen molar-refractivity contribution in [2.24, 2.45) is 0 Å². The van der Waals surface area contributed by atoms with Crippen LogP contribution in [0, 0.1) is 0 Å². The Morgan fingerprint density at radius 2 is 1.19 bits per heavy atom.